The molecule has 2 N–H and O–H groups in total. The van der Waals surface area contributed by atoms with Gasteiger partial charge in [-0.05, 0) is 18.6 Å². The maximum Gasteiger partial charge on any atom is 0.246 e. The predicted octanol–water partition coefficient (Wildman–Crippen LogP) is 1.86. The van der Waals surface area contributed by atoms with Gasteiger partial charge >= 0.3 is 0 Å². The highest BCUT2D eigenvalue weighted by molar-refractivity contribution is 7.89. The number of hydrogen-bond donors (Lipinski definition) is 1. The first-order valence-electron chi connectivity index (χ1n) is 6.22. The molecular formula is C12H16ClFN2O3S. The third-order valence-corrected chi connectivity index (χ3v) is 5.47. The van der Waals surface area contributed by atoms with Crippen LogP contribution in [0.15, 0.2) is 17.0 Å². The summed E-state index contributed by atoms with van der Waals surface area (Å²) in [4.78, 5) is -0.483. The van der Waals surface area contributed by atoms with Gasteiger partial charge in [-0.2, -0.15) is 4.31 Å². The number of hydrogen-bond acceptors (Lipinski definition) is 4. The van der Waals surface area contributed by atoms with Crippen LogP contribution in [0.1, 0.15) is 13.3 Å². The van der Waals surface area contributed by atoms with Crippen molar-refractivity contribution in [3.8, 4) is 0 Å². The second kappa shape index (κ2) is 5.85. The van der Waals surface area contributed by atoms with Gasteiger partial charge in [0.05, 0.1) is 18.2 Å². The highest BCUT2D eigenvalue weighted by Gasteiger charge is 2.35. The molecule has 1 heterocycles. The van der Waals surface area contributed by atoms with Gasteiger partial charge in [0.1, 0.15) is 4.90 Å². The third kappa shape index (κ3) is 2.76. The van der Waals surface area contributed by atoms with Gasteiger partial charge in [-0.25, -0.2) is 12.8 Å². The first kappa shape index (κ1) is 15.5. The Morgan fingerprint density at radius 3 is 2.90 bits per heavy atom. The standard InChI is InChI=1S/C12H16ClFN2O3S/c1-2-9-7-19-4-3-16(9)20(17,18)11-6-8(15)5-10(13)12(11)14/h5-6,9H,2-4,7,15H2,1H3. The minimum Gasteiger partial charge on any atom is -0.399 e. The van der Waals surface area contributed by atoms with E-state index < -0.39 is 20.7 Å². The Morgan fingerprint density at radius 1 is 1.55 bits per heavy atom. The zero-order valence-electron chi connectivity index (χ0n) is 11.0. The lowest BCUT2D eigenvalue weighted by Gasteiger charge is -2.34. The summed E-state index contributed by atoms with van der Waals surface area (Å²) in [5, 5.41) is -0.301. The van der Waals surface area contributed by atoms with E-state index in [0.717, 1.165) is 6.07 Å². The van der Waals surface area contributed by atoms with Crippen molar-refractivity contribution in [1.82, 2.24) is 4.31 Å². The largest absolute Gasteiger partial charge is 0.399 e. The van der Waals surface area contributed by atoms with Gasteiger partial charge in [0, 0.05) is 18.3 Å². The number of rotatable bonds is 3. The maximum atomic E-state index is 14.0. The van der Waals surface area contributed by atoms with E-state index in [1.807, 2.05) is 6.92 Å². The van der Waals surface area contributed by atoms with Crippen molar-refractivity contribution < 1.29 is 17.5 Å². The fraction of sp³-hybridized carbons (Fsp3) is 0.500. The summed E-state index contributed by atoms with van der Waals surface area (Å²) in [5.74, 6) is -0.970. The summed E-state index contributed by atoms with van der Waals surface area (Å²) >= 11 is 5.67. The Morgan fingerprint density at radius 2 is 2.25 bits per heavy atom. The number of halogens is 2. The first-order valence-corrected chi connectivity index (χ1v) is 8.03. The molecule has 1 saturated heterocycles. The van der Waals surface area contributed by atoms with Crippen molar-refractivity contribution >= 4 is 27.3 Å². The molecule has 0 bridgehead atoms. The van der Waals surface area contributed by atoms with Gasteiger partial charge in [0.15, 0.2) is 5.82 Å². The van der Waals surface area contributed by atoms with E-state index in [1.54, 1.807) is 0 Å². The maximum absolute atomic E-state index is 14.0. The van der Waals surface area contributed by atoms with Crippen molar-refractivity contribution in [2.75, 3.05) is 25.5 Å². The highest BCUT2D eigenvalue weighted by Crippen LogP contribution is 2.30. The number of morpholine rings is 1. The van der Waals surface area contributed by atoms with Crippen LogP contribution in [-0.4, -0.2) is 38.5 Å². The van der Waals surface area contributed by atoms with Crippen LogP contribution in [0.3, 0.4) is 0 Å². The lowest BCUT2D eigenvalue weighted by Crippen LogP contribution is -2.48. The number of sulfonamides is 1. The van der Waals surface area contributed by atoms with Gasteiger partial charge in [-0.3, -0.25) is 0 Å². The molecule has 2 rings (SSSR count). The molecule has 20 heavy (non-hydrogen) atoms. The zero-order chi connectivity index (χ0) is 14.9. The minimum absolute atomic E-state index is 0.108. The summed E-state index contributed by atoms with van der Waals surface area (Å²) in [5.41, 5.74) is 5.67. The van der Waals surface area contributed by atoms with Gasteiger partial charge in [0.2, 0.25) is 10.0 Å². The van der Waals surface area contributed by atoms with Gasteiger partial charge in [-0.15, -0.1) is 0 Å². The van der Waals surface area contributed by atoms with Crippen LogP contribution in [0, 0.1) is 5.82 Å². The number of nitrogen functional groups attached to an aromatic ring is 1. The van der Waals surface area contributed by atoms with Crippen LogP contribution in [-0.2, 0) is 14.8 Å². The lowest BCUT2D eigenvalue weighted by molar-refractivity contribution is 0.0313. The van der Waals surface area contributed by atoms with Crippen LogP contribution in [0.2, 0.25) is 5.02 Å². The second-order valence-electron chi connectivity index (χ2n) is 4.57. The Hall–Kier alpha value is -0.890. The van der Waals surface area contributed by atoms with E-state index in [2.05, 4.69) is 0 Å². The predicted molar refractivity (Wildman–Crippen MR) is 74.6 cm³/mol. The molecule has 0 radical (unpaired) electrons. The molecule has 0 saturated carbocycles. The summed E-state index contributed by atoms with van der Waals surface area (Å²) in [6, 6.07) is 1.97. The summed E-state index contributed by atoms with van der Waals surface area (Å²) < 4.78 is 45.8. The molecule has 0 aromatic heterocycles. The number of ether oxygens (including phenoxy) is 1. The zero-order valence-corrected chi connectivity index (χ0v) is 12.5. The lowest BCUT2D eigenvalue weighted by atomic mass is 10.2. The fourth-order valence-electron chi connectivity index (χ4n) is 2.18. The van der Waals surface area contributed by atoms with Crippen LogP contribution in [0.4, 0.5) is 10.1 Å². The molecule has 1 aromatic carbocycles. The Balaban J connectivity index is 2.49. The summed E-state index contributed by atoms with van der Waals surface area (Å²) in [6.07, 6.45) is 0.580. The SMILES string of the molecule is CCC1COCCN1S(=O)(=O)c1cc(N)cc(Cl)c1F. The Bertz CT molecular complexity index is 609. The van der Waals surface area contributed by atoms with Gasteiger partial charge in [0.25, 0.3) is 0 Å². The molecule has 1 atom stereocenters. The summed E-state index contributed by atoms with van der Waals surface area (Å²) in [6.45, 7) is 2.62. The number of anilines is 1. The molecule has 1 unspecified atom stereocenters. The van der Waals surface area contributed by atoms with Crippen LogP contribution in [0.25, 0.3) is 0 Å². The average Bonchev–Trinajstić information content (AvgIpc) is 2.42. The van der Waals surface area contributed by atoms with Crippen LogP contribution >= 0.6 is 11.6 Å². The molecule has 1 aromatic rings. The molecule has 0 amide bonds. The molecule has 1 aliphatic rings. The van der Waals surface area contributed by atoms with Crippen molar-refractivity contribution in [2.24, 2.45) is 0 Å². The number of nitrogens with two attached hydrogens (primary N) is 1. The normalized spacial score (nSPS) is 21.1. The van der Waals surface area contributed by atoms with Crippen LogP contribution in [0.5, 0.6) is 0 Å². The van der Waals surface area contributed by atoms with Gasteiger partial charge < -0.3 is 10.5 Å². The molecule has 1 aliphatic heterocycles. The van der Waals surface area contributed by atoms with E-state index >= 15 is 0 Å². The molecular weight excluding hydrogens is 307 g/mol. The second-order valence-corrected chi connectivity index (χ2v) is 6.83. The van der Waals surface area contributed by atoms with E-state index in [0.29, 0.717) is 13.0 Å². The molecule has 0 spiro atoms. The van der Waals surface area contributed by atoms with E-state index in [4.69, 9.17) is 22.1 Å². The van der Waals surface area contributed by atoms with E-state index in [9.17, 15) is 12.8 Å². The number of benzene rings is 1. The van der Waals surface area contributed by atoms with E-state index in [-0.39, 0.29) is 29.9 Å². The Kier molecular flexibility index (Phi) is 4.53. The van der Waals surface area contributed by atoms with Crippen molar-refractivity contribution in [3.05, 3.63) is 23.0 Å². The highest BCUT2D eigenvalue weighted by atomic mass is 35.5. The summed E-state index contributed by atoms with van der Waals surface area (Å²) in [7, 11) is -3.99. The quantitative estimate of drug-likeness (QED) is 0.862. The van der Waals surface area contributed by atoms with Crippen molar-refractivity contribution in [2.45, 2.75) is 24.3 Å². The molecule has 112 valence electrons. The topological polar surface area (TPSA) is 72.6 Å². The molecule has 0 aliphatic carbocycles. The Labute approximate surface area is 122 Å². The third-order valence-electron chi connectivity index (χ3n) is 3.25. The van der Waals surface area contributed by atoms with Crippen molar-refractivity contribution in [3.63, 3.8) is 0 Å². The molecule has 1 fully saturated rings. The first-order chi connectivity index (χ1) is 9.37. The fourth-order valence-corrected chi connectivity index (χ4v) is 4.25. The molecule has 8 heteroatoms. The minimum atomic E-state index is -3.99. The average molecular weight is 323 g/mol. The van der Waals surface area contributed by atoms with E-state index in [1.165, 1.54) is 10.4 Å². The van der Waals surface area contributed by atoms with Crippen molar-refractivity contribution in [1.29, 1.82) is 0 Å². The van der Waals surface area contributed by atoms with Gasteiger partial charge in [-0.1, -0.05) is 18.5 Å². The monoisotopic (exact) mass is 322 g/mol. The smallest absolute Gasteiger partial charge is 0.246 e. The van der Waals surface area contributed by atoms with Crippen LogP contribution < -0.4 is 5.73 Å². The molecule has 5 nitrogen and oxygen atoms in total. The number of nitrogens with zero attached hydrogens (tertiary/aromatic N) is 1.